The first-order chi connectivity index (χ1) is 22.3. The third-order valence-corrected chi connectivity index (χ3v) is 14.3. The Labute approximate surface area is 303 Å². The second-order valence-corrected chi connectivity index (χ2v) is 19.2. The van der Waals surface area contributed by atoms with Crippen molar-refractivity contribution in [2.45, 2.75) is 146 Å². The highest BCUT2D eigenvalue weighted by molar-refractivity contribution is 5.01. The summed E-state index contributed by atoms with van der Waals surface area (Å²) in [5.74, 6) is 7.42. The van der Waals surface area contributed by atoms with Crippen LogP contribution in [0.1, 0.15) is 128 Å². The van der Waals surface area contributed by atoms with Gasteiger partial charge in [-0.2, -0.15) is 0 Å². The maximum absolute atomic E-state index is 2.49. The van der Waals surface area contributed by atoms with Crippen LogP contribution >= 0.6 is 0 Å². The van der Waals surface area contributed by atoms with Gasteiger partial charge in [-0.05, 0) is 180 Å². The second kappa shape index (κ2) is 20.7. The molecule has 1 spiro atoms. The Morgan fingerprint density at radius 3 is 1.40 bits per heavy atom. The van der Waals surface area contributed by atoms with Crippen LogP contribution in [0.25, 0.3) is 0 Å². The van der Waals surface area contributed by atoms with Crippen LogP contribution in [-0.4, -0.2) is 124 Å². The molecule has 5 heteroatoms. The number of hydrogen-bond donors (Lipinski definition) is 0. The summed E-state index contributed by atoms with van der Waals surface area (Å²) in [5, 5.41) is 0. The Kier molecular flexibility index (Phi) is 19.0. The zero-order valence-electron chi connectivity index (χ0n) is 35.7. The number of piperidine rings is 5. The predicted molar refractivity (Wildman–Crippen MR) is 214 cm³/mol. The largest absolute Gasteiger partial charge is 0.306 e. The molecule has 6 rings (SSSR count). The van der Waals surface area contributed by atoms with Crippen LogP contribution in [0.2, 0.25) is 0 Å². The number of rotatable bonds is 0. The summed E-state index contributed by atoms with van der Waals surface area (Å²) in [6, 6.07) is 2.39. The van der Waals surface area contributed by atoms with E-state index in [-0.39, 0.29) is 0 Å². The standard InChI is InChI=1S/C9H17N.2C9H19N.2C8H17N/c1-8-3-6-10(2)7-9(8)4-5-9;1-7-5-10(4)6-8(2)9(7)3;1-7-5-8(2)10(4)9(3)6-7;1-7-4-5-9(3)6-8(7)2;1-7-4-5-9(3)8(2)6-7/h8H,3-7H2,1-2H3;2*7-9H,5-6H2,1-4H3;2*7-8H,4-6H2,1-3H3. The fraction of sp³-hybridized carbons (Fsp3) is 1.00. The monoisotopic (exact) mass is 676 g/mol. The van der Waals surface area contributed by atoms with Crippen LogP contribution < -0.4 is 0 Å². The van der Waals surface area contributed by atoms with E-state index in [1.165, 1.54) is 97.2 Å². The topological polar surface area (TPSA) is 16.2 Å². The molecular weight excluding hydrogens is 587 g/mol. The summed E-state index contributed by atoms with van der Waals surface area (Å²) in [5.41, 5.74) is 0.785. The van der Waals surface area contributed by atoms with Gasteiger partial charge in [-0.3, -0.25) is 0 Å². The molecule has 0 amide bonds. The highest BCUT2D eigenvalue weighted by Gasteiger charge is 2.49. The first-order valence-corrected chi connectivity index (χ1v) is 20.8. The number of likely N-dealkylation sites (tertiary alicyclic amines) is 5. The lowest BCUT2D eigenvalue weighted by Crippen LogP contribution is -2.43. The van der Waals surface area contributed by atoms with Crippen molar-refractivity contribution < 1.29 is 0 Å². The molecule has 0 aromatic heterocycles. The SMILES string of the molecule is CC1CC(C)N(C)C(C)C1.CC1CCN(C)C(C)C1.CC1CCN(C)CC12CC2.CC1CCN(C)CC1C.CC1CN(C)CC(C)C1C. The molecule has 0 aromatic rings. The van der Waals surface area contributed by atoms with Gasteiger partial charge < -0.3 is 24.5 Å². The molecular formula is C43H89N5. The molecule has 0 N–H and O–H groups in total. The molecule has 1 aliphatic carbocycles. The normalized spacial score (nSPS) is 40.9. The van der Waals surface area contributed by atoms with Gasteiger partial charge in [-0.25, -0.2) is 0 Å². The molecule has 6 fully saturated rings. The summed E-state index contributed by atoms with van der Waals surface area (Å²) in [7, 11) is 11.1. The Balaban J connectivity index is 0.000000209. The minimum Gasteiger partial charge on any atom is -0.306 e. The van der Waals surface area contributed by atoms with Crippen molar-refractivity contribution in [3.63, 3.8) is 0 Å². The Morgan fingerprint density at radius 2 is 0.958 bits per heavy atom. The van der Waals surface area contributed by atoms with Gasteiger partial charge in [0.05, 0.1) is 0 Å². The van der Waals surface area contributed by atoms with Crippen molar-refractivity contribution in [2.75, 3.05) is 81.1 Å². The van der Waals surface area contributed by atoms with Crippen LogP contribution in [0.3, 0.4) is 0 Å². The van der Waals surface area contributed by atoms with Crippen molar-refractivity contribution in [1.82, 2.24) is 24.5 Å². The lowest BCUT2D eigenvalue weighted by atomic mass is 9.81. The molecule has 6 aliphatic rings. The van der Waals surface area contributed by atoms with Gasteiger partial charge in [0, 0.05) is 44.3 Å². The van der Waals surface area contributed by atoms with Gasteiger partial charge in [-0.15, -0.1) is 0 Å². The summed E-state index contributed by atoms with van der Waals surface area (Å²) < 4.78 is 0. The first kappa shape index (κ1) is 44.0. The van der Waals surface area contributed by atoms with Crippen molar-refractivity contribution >= 4 is 0 Å². The van der Waals surface area contributed by atoms with E-state index < -0.39 is 0 Å². The molecule has 9 unspecified atom stereocenters. The molecule has 0 radical (unpaired) electrons. The van der Waals surface area contributed by atoms with Gasteiger partial charge in [0.15, 0.2) is 0 Å². The van der Waals surface area contributed by atoms with E-state index in [0.717, 1.165) is 70.9 Å². The average molecular weight is 676 g/mol. The lowest BCUT2D eigenvalue weighted by Gasteiger charge is -2.39. The van der Waals surface area contributed by atoms with Gasteiger partial charge in [0.25, 0.3) is 0 Å². The summed E-state index contributed by atoms with van der Waals surface area (Å²) >= 11 is 0. The summed E-state index contributed by atoms with van der Waals surface area (Å²) in [6.45, 7) is 35.1. The minimum absolute atomic E-state index is 0.785. The second-order valence-electron chi connectivity index (χ2n) is 19.2. The Bertz CT molecular complexity index is 784. The quantitative estimate of drug-likeness (QED) is 0.254. The van der Waals surface area contributed by atoms with Crippen LogP contribution in [0, 0.1) is 52.8 Å². The highest BCUT2D eigenvalue weighted by Crippen LogP contribution is 2.55. The molecule has 1 saturated carbocycles. The minimum atomic E-state index is 0.785. The molecule has 5 nitrogen and oxygen atoms in total. The Hall–Kier alpha value is -0.200. The lowest BCUT2D eigenvalue weighted by molar-refractivity contribution is 0.105. The fourth-order valence-electron chi connectivity index (χ4n) is 9.28. The molecule has 9 atom stereocenters. The van der Waals surface area contributed by atoms with Crippen molar-refractivity contribution in [1.29, 1.82) is 0 Å². The summed E-state index contributed by atoms with van der Waals surface area (Å²) in [4.78, 5) is 12.3. The average Bonchev–Trinajstić information content (AvgIpc) is 3.78. The van der Waals surface area contributed by atoms with E-state index in [2.05, 4.69) is 136 Å². The number of nitrogens with zero attached hydrogens (tertiary/aromatic N) is 5. The van der Waals surface area contributed by atoms with Gasteiger partial charge in [-0.1, -0.05) is 55.4 Å². The number of hydrogen-bond acceptors (Lipinski definition) is 5. The smallest absolute Gasteiger partial charge is 0.00692 e. The van der Waals surface area contributed by atoms with E-state index >= 15 is 0 Å². The van der Waals surface area contributed by atoms with E-state index in [1.54, 1.807) is 0 Å². The molecule has 0 aromatic carbocycles. The van der Waals surface area contributed by atoms with Crippen LogP contribution in [0.4, 0.5) is 0 Å². The van der Waals surface area contributed by atoms with Crippen molar-refractivity contribution in [2.24, 2.45) is 52.8 Å². The fourth-order valence-corrected chi connectivity index (χ4v) is 9.28. The Morgan fingerprint density at radius 1 is 0.458 bits per heavy atom. The maximum Gasteiger partial charge on any atom is 0.00692 e. The van der Waals surface area contributed by atoms with E-state index in [4.69, 9.17) is 0 Å². The third-order valence-electron chi connectivity index (χ3n) is 14.3. The zero-order chi connectivity index (χ0) is 36.3. The van der Waals surface area contributed by atoms with Crippen LogP contribution in [-0.2, 0) is 0 Å². The van der Waals surface area contributed by atoms with Crippen LogP contribution in [0.5, 0.6) is 0 Å². The highest BCUT2D eigenvalue weighted by atomic mass is 15.2. The van der Waals surface area contributed by atoms with Gasteiger partial charge in [0.1, 0.15) is 0 Å². The van der Waals surface area contributed by atoms with E-state index in [0.29, 0.717) is 0 Å². The van der Waals surface area contributed by atoms with Gasteiger partial charge >= 0.3 is 0 Å². The molecule has 286 valence electrons. The molecule has 48 heavy (non-hydrogen) atoms. The van der Waals surface area contributed by atoms with Crippen LogP contribution in [0.15, 0.2) is 0 Å². The van der Waals surface area contributed by atoms with E-state index in [1.807, 2.05) is 0 Å². The third kappa shape index (κ3) is 14.8. The molecule has 0 bridgehead atoms. The zero-order valence-corrected chi connectivity index (χ0v) is 35.7. The molecule has 5 heterocycles. The van der Waals surface area contributed by atoms with Crippen molar-refractivity contribution in [3.8, 4) is 0 Å². The predicted octanol–water partition coefficient (Wildman–Crippen LogP) is 9.03. The van der Waals surface area contributed by atoms with Crippen molar-refractivity contribution in [3.05, 3.63) is 0 Å². The van der Waals surface area contributed by atoms with Gasteiger partial charge in [0.2, 0.25) is 0 Å². The maximum atomic E-state index is 2.49. The molecule has 5 aliphatic heterocycles. The molecule has 5 saturated heterocycles. The summed E-state index contributed by atoms with van der Waals surface area (Å²) in [6.07, 6.45) is 11.3. The first-order valence-electron chi connectivity index (χ1n) is 20.8. The van der Waals surface area contributed by atoms with E-state index in [9.17, 15) is 0 Å².